The molecule has 3 heterocycles. The second-order valence-corrected chi connectivity index (χ2v) is 8.62. The van der Waals surface area contributed by atoms with Gasteiger partial charge in [0.15, 0.2) is 0 Å². The number of aryl methyl sites for hydroxylation is 2. The molecule has 162 valence electrons. The number of hydrogen-bond acceptors (Lipinski definition) is 6. The number of methoxy groups -OCH3 is 1. The number of β-amino-alcohol motifs (C(OH)–C–C–N with tert-alkyl or cyclic N) is 1. The van der Waals surface area contributed by atoms with Gasteiger partial charge >= 0.3 is 0 Å². The van der Waals surface area contributed by atoms with Crippen molar-refractivity contribution < 1.29 is 9.84 Å². The van der Waals surface area contributed by atoms with Gasteiger partial charge in [-0.25, -0.2) is 4.98 Å². The van der Waals surface area contributed by atoms with Crippen LogP contribution in [0.15, 0.2) is 36.5 Å². The van der Waals surface area contributed by atoms with Gasteiger partial charge in [0, 0.05) is 58.1 Å². The molecule has 0 amide bonds. The molecule has 0 radical (unpaired) electrons. The molecule has 0 saturated carbocycles. The molecule has 0 unspecified atom stereocenters. The minimum atomic E-state index is -0.306. The third kappa shape index (κ3) is 4.61. The number of benzene rings is 1. The summed E-state index contributed by atoms with van der Waals surface area (Å²) in [7, 11) is 1.72. The number of piperazine rings is 1. The molecule has 6 nitrogen and oxygen atoms in total. The first-order chi connectivity index (χ1) is 14.5. The highest BCUT2D eigenvalue weighted by Crippen LogP contribution is 2.26. The zero-order chi connectivity index (χ0) is 21.1. The van der Waals surface area contributed by atoms with Gasteiger partial charge < -0.3 is 14.7 Å². The number of likely N-dealkylation sites (tertiary alicyclic amines) is 1. The number of aliphatic hydroxyl groups excluding tert-OH is 1. The lowest BCUT2D eigenvalue weighted by Crippen LogP contribution is -2.58. The van der Waals surface area contributed by atoms with Crippen LogP contribution in [0.1, 0.15) is 23.1 Å². The Hall–Kier alpha value is -2.15. The number of piperidine rings is 1. The number of hydrogen-bond donors (Lipinski definition) is 1. The predicted octanol–water partition coefficient (Wildman–Crippen LogP) is 2.46. The molecule has 2 saturated heterocycles. The van der Waals surface area contributed by atoms with E-state index in [0.717, 1.165) is 63.8 Å². The van der Waals surface area contributed by atoms with Crippen molar-refractivity contribution in [1.29, 1.82) is 0 Å². The zero-order valence-corrected chi connectivity index (χ0v) is 18.4. The monoisotopic (exact) mass is 410 g/mol. The lowest BCUT2D eigenvalue weighted by Gasteiger charge is -2.45. The van der Waals surface area contributed by atoms with Crippen molar-refractivity contribution in [1.82, 2.24) is 14.8 Å². The fourth-order valence-corrected chi connectivity index (χ4v) is 4.86. The zero-order valence-electron chi connectivity index (χ0n) is 18.4. The topological polar surface area (TPSA) is 52.1 Å². The first kappa shape index (κ1) is 21.1. The van der Waals surface area contributed by atoms with Gasteiger partial charge in [0.1, 0.15) is 11.6 Å². The summed E-state index contributed by atoms with van der Waals surface area (Å²) in [6, 6.07) is 10.7. The highest BCUT2D eigenvalue weighted by atomic mass is 16.5. The van der Waals surface area contributed by atoms with Crippen molar-refractivity contribution in [3.05, 3.63) is 53.2 Å². The third-order valence-corrected chi connectivity index (χ3v) is 6.63. The summed E-state index contributed by atoms with van der Waals surface area (Å²) in [5.41, 5.74) is 3.74. The van der Waals surface area contributed by atoms with Gasteiger partial charge in [-0.15, -0.1) is 0 Å². The molecule has 4 rings (SSSR count). The van der Waals surface area contributed by atoms with Crippen LogP contribution in [0, 0.1) is 13.8 Å². The van der Waals surface area contributed by atoms with E-state index in [1.165, 1.54) is 16.7 Å². The van der Waals surface area contributed by atoms with Crippen LogP contribution in [-0.2, 0) is 6.54 Å². The molecule has 2 aliphatic rings. The van der Waals surface area contributed by atoms with Gasteiger partial charge in [-0.2, -0.15) is 0 Å². The Balaban J connectivity index is 1.31. The molecule has 0 spiro atoms. The Morgan fingerprint density at radius 3 is 2.53 bits per heavy atom. The molecule has 2 fully saturated rings. The van der Waals surface area contributed by atoms with Crippen LogP contribution in [0.2, 0.25) is 0 Å². The van der Waals surface area contributed by atoms with Crippen LogP contribution in [0.25, 0.3) is 0 Å². The van der Waals surface area contributed by atoms with Gasteiger partial charge in [0.25, 0.3) is 0 Å². The molecule has 2 aliphatic heterocycles. The summed E-state index contributed by atoms with van der Waals surface area (Å²) in [6.45, 7) is 10.8. The predicted molar refractivity (Wildman–Crippen MR) is 120 cm³/mol. The Bertz CT molecular complexity index is 837. The van der Waals surface area contributed by atoms with Gasteiger partial charge in [-0.05, 0) is 55.2 Å². The second-order valence-electron chi connectivity index (χ2n) is 8.62. The molecular formula is C24H34N4O2. The maximum atomic E-state index is 10.9. The first-order valence-corrected chi connectivity index (χ1v) is 11.0. The smallest absolute Gasteiger partial charge is 0.128 e. The number of rotatable bonds is 5. The molecule has 0 bridgehead atoms. The number of aromatic nitrogens is 1. The Morgan fingerprint density at radius 1 is 1.07 bits per heavy atom. The number of nitrogens with zero attached hydrogens (tertiary/aromatic N) is 4. The van der Waals surface area contributed by atoms with E-state index in [9.17, 15) is 5.11 Å². The Labute approximate surface area is 180 Å². The average molecular weight is 411 g/mol. The van der Waals surface area contributed by atoms with E-state index >= 15 is 0 Å². The van der Waals surface area contributed by atoms with E-state index < -0.39 is 0 Å². The van der Waals surface area contributed by atoms with Crippen molar-refractivity contribution in [2.45, 2.75) is 39.0 Å². The quantitative estimate of drug-likeness (QED) is 0.817. The van der Waals surface area contributed by atoms with E-state index in [0.29, 0.717) is 0 Å². The van der Waals surface area contributed by atoms with E-state index in [-0.39, 0.29) is 12.1 Å². The molecular weight excluding hydrogens is 376 g/mol. The normalized spacial score (nSPS) is 23.5. The van der Waals surface area contributed by atoms with Gasteiger partial charge in [0.05, 0.1) is 13.2 Å². The lowest BCUT2D eigenvalue weighted by molar-refractivity contribution is -0.0172. The summed E-state index contributed by atoms with van der Waals surface area (Å²) in [6.07, 6.45) is 2.56. The van der Waals surface area contributed by atoms with Crippen molar-refractivity contribution in [2.24, 2.45) is 0 Å². The fraction of sp³-hybridized carbons (Fsp3) is 0.542. The van der Waals surface area contributed by atoms with Crippen LogP contribution in [0.5, 0.6) is 5.75 Å². The average Bonchev–Trinajstić information content (AvgIpc) is 2.77. The van der Waals surface area contributed by atoms with Crippen molar-refractivity contribution in [2.75, 3.05) is 51.3 Å². The lowest BCUT2D eigenvalue weighted by atomic mass is 9.97. The molecule has 6 heteroatoms. The first-order valence-electron chi connectivity index (χ1n) is 11.0. The molecule has 1 aromatic heterocycles. The van der Waals surface area contributed by atoms with E-state index in [1.807, 2.05) is 18.3 Å². The Kier molecular flexibility index (Phi) is 6.56. The number of ether oxygens (including phenoxy) is 1. The van der Waals surface area contributed by atoms with Crippen molar-refractivity contribution in [3.63, 3.8) is 0 Å². The van der Waals surface area contributed by atoms with Crippen molar-refractivity contribution in [3.8, 4) is 5.75 Å². The molecule has 0 aliphatic carbocycles. The summed E-state index contributed by atoms with van der Waals surface area (Å²) < 4.78 is 5.44. The molecule has 30 heavy (non-hydrogen) atoms. The summed E-state index contributed by atoms with van der Waals surface area (Å²) in [4.78, 5) is 11.7. The van der Waals surface area contributed by atoms with Gasteiger partial charge in [-0.3, -0.25) is 9.80 Å². The number of anilines is 1. The maximum absolute atomic E-state index is 10.9. The molecule has 1 N–H and O–H groups in total. The van der Waals surface area contributed by atoms with Crippen molar-refractivity contribution >= 4 is 5.82 Å². The highest BCUT2D eigenvalue weighted by Gasteiger charge is 2.34. The largest absolute Gasteiger partial charge is 0.496 e. The molecule has 1 aromatic carbocycles. The van der Waals surface area contributed by atoms with E-state index in [4.69, 9.17) is 4.74 Å². The third-order valence-electron chi connectivity index (χ3n) is 6.63. The summed E-state index contributed by atoms with van der Waals surface area (Å²) in [5.74, 6) is 2.00. The van der Waals surface area contributed by atoms with Crippen LogP contribution in [0.3, 0.4) is 0 Å². The maximum Gasteiger partial charge on any atom is 0.128 e. The van der Waals surface area contributed by atoms with Crippen LogP contribution in [-0.4, -0.2) is 78.4 Å². The Morgan fingerprint density at radius 2 is 1.87 bits per heavy atom. The fourth-order valence-electron chi connectivity index (χ4n) is 4.86. The summed E-state index contributed by atoms with van der Waals surface area (Å²) in [5, 5.41) is 10.9. The molecule has 2 atom stereocenters. The number of pyridine rings is 1. The van der Waals surface area contributed by atoms with E-state index in [2.05, 4.69) is 51.7 Å². The second kappa shape index (κ2) is 9.33. The standard InChI is InChI=1S/C24H34N4O2/c1-18-15-23(30-3)19(2)14-20(18)16-26-9-7-21(22(29)17-26)27-10-12-28(13-11-27)24-6-4-5-8-25-24/h4-6,8,14-15,21-22,29H,7,9-13,16-17H2,1-3H3/t21-,22-/m1/s1. The van der Waals surface area contributed by atoms with Crippen LogP contribution in [0.4, 0.5) is 5.82 Å². The minimum Gasteiger partial charge on any atom is -0.496 e. The van der Waals surface area contributed by atoms with E-state index in [1.54, 1.807) is 7.11 Å². The van der Waals surface area contributed by atoms with Gasteiger partial charge in [0.2, 0.25) is 0 Å². The highest BCUT2D eigenvalue weighted by molar-refractivity contribution is 5.41. The SMILES string of the molecule is COc1cc(C)c(CN2CC[C@@H](N3CCN(c4ccccn4)CC3)[C@H](O)C2)cc1C. The van der Waals surface area contributed by atoms with Gasteiger partial charge in [-0.1, -0.05) is 12.1 Å². The minimum absolute atomic E-state index is 0.255. The molecule has 2 aromatic rings. The number of aliphatic hydroxyl groups is 1. The van der Waals surface area contributed by atoms with Crippen LogP contribution < -0.4 is 9.64 Å². The van der Waals surface area contributed by atoms with Crippen LogP contribution >= 0.6 is 0 Å². The summed E-state index contributed by atoms with van der Waals surface area (Å²) >= 11 is 0.